The lowest BCUT2D eigenvalue weighted by atomic mass is 10.2. The summed E-state index contributed by atoms with van der Waals surface area (Å²) in [4.78, 5) is 12.9. The molecule has 0 aliphatic carbocycles. The Morgan fingerprint density at radius 1 is 1.26 bits per heavy atom. The average molecular weight is 265 g/mol. The summed E-state index contributed by atoms with van der Waals surface area (Å²) in [6, 6.07) is 6.88. The highest BCUT2D eigenvalue weighted by Gasteiger charge is 2.11. The summed E-state index contributed by atoms with van der Waals surface area (Å²) in [7, 11) is 0. The van der Waals surface area contributed by atoms with Gasteiger partial charge in [-0.2, -0.15) is 0 Å². The molecule has 0 bridgehead atoms. The van der Waals surface area contributed by atoms with Gasteiger partial charge in [0.25, 0.3) is 5.69 Å². The molecule has 0 saturated heterocycles. The van der Waals surface area contributed by atoms with Crippen LogP contribution in [0.2, 0.25) is 0 Å². The normalized spacial score (nSPS) is 10.9. The van der Waals surface area contributed by atoms with Crippen LogP contribution in [0.25, 0.3) is 0 Å². The Morgan fingerprint density at radius 3 is 2.63 bits per heavy atom. The van der Waals surface area contributed by atoms with Crippen LogP contribution in [0.5, 0.6) is 0 Å². The van der Waals surface area contributed by atoms with E-state index in [2.05, 4.69) is 24.1 Å². The number of rotatable bonds is 9. The van der Waals surface area contributed by atoms with Crippen molar-refractivity contribution in [3.63, 3.8) is 0 Å². The van der Waals surface area contributed by atoms with Crippen LogP contribution < -0.4 is 5.32 Å². The second-order valence-electron chi connectivity index (χ2n) is 4.50. The highest BCUT2D eigenvalue weighted by molar-refractivity contribution is 5.39. The van der Waals surface area contributed by atoms with E-state index in [4.69, 9.17) is 0 Å². The van der Waals surface area contributed by atoms with E-state index in [9.17, 15) is 10.1 Å². The predicted molar refractivity (Wildman–Crippen MR) is 77.2 cm³/mol. The largest absolute Gasteiger partial charge is 0.311 e. The van der Waals surface area contributed by atoms with Gasteiger partial charge < -0.3 is 10.2 Å². The maximum atomic E-state index is 10.9. The van der Waals surface area contributed by atoms with Crippen LogP contribution in [-0.2, 0) is 6.54 Å². The SMILES string of the molecule is CCCN(CC)CCNCc1ccccc1[N+](=O)[O-]. The van der Waals surface area contributed by atoms with Gasteiger partial charge in [-0.1, -0.05) is 32.0 Å². The summed E-state index contributed by atoms with van der Waals surface area (Å²) < 4.78 is 0. The van der Waals surface area contributed by atoms with E-state index in [-0.39, 0.29) is 10.6 Å². The molecule has 0 atom stereocenters. The first-order valence-electron chi connectivity index (χ1n) is 6.84. The van der Waals surface area contributed by atoms with Gasteiger partial charge in [-0.3, -0.25) is 10.1 Å². The molecule has 5 nitrogen and oxygen atoms in total. The molecule has 0 amide bonds. The van der Waals surface area contributed by atoms with Crippen molar-refractivity contribution >= 4 is 5.69 Å². The molecule has 0 aliphatic heterocycles. The molecular weight excluding hydrogens is 242 g/mol. The number of benzene rings is 1. The molecule has 0 fully saturated rings. The van der Waals surface area contributed by atoms with Crippen LogP contribution in [0.15, 0.2) is 24.3 Å². The first-order chi connectivity index (χ1) is 9.19. The van der Waals surface area contributed by atoms with Gasteiger partial charge in [0, 0.05) is 31.3 Å². The number of hydrogen-bond acceptors (Lipinski definition) is 4. The van der Waals surface area contributed by atoms with E-state index in [1.807, 2.05) is 6.07 Å². The third-order valence-electron chi connectivity index (χ3n) is 3.10. The van der Waals surface area contributed by atoms with Crippen molar-refractivity contribution in [1.82, 2.24) is 10.2 Å². The van der Waals surface area contributed by atoms with Gasteiger partial charge in [0.2, 0.25) is 0 Å². The van der Waals surface area contributed by atoms with Crippen LogP contribution in [0.1, 0.15) is 25.8 Å². The lowest BCUT2D eigenvalue weighted by molar-refractivity contribution is -0.385. The number of hydrogen-bond donors (Lipinski definition) is 1. The first kappa shape index (κ1) is 15.6. The summed E-state index contributed by atoms with van der Waals surface area (Å²) in [5, 5.41) is 14.1. The van der Waals surface area contributed by atoms with Crippen molar-refractivity contribution in [3.8, 4) is 0 Å². The Labute approximate surface area is 114 Å². The van der Waals surface area contributed by atoms with Crippen molar-refractivity contribution in [3.05, 3.63) is 39.9 Å². The van der Waals surface area contributed by atoms with E-state index in [0.717, 1.165) is 38.2 Å². The van der Waals surface area contributed by atoms with Crippen molar-refractivity contribution in [1.29, 1.82) is 0 Å². The fraction of sp³-hybridized carbons (Fsp3) is 0.571. The highest BCUT2D eigenvalue weighted by atomic mass is 16.6. The topological polar surface area (TPSA) is 58.4 Å². The van der Waals surface area contributed by atoms with Crippen molar-refractivity contribution in [2.75, 3.05) is 26.2 Å². The van der Waals surface area contributed by atoms with Gasteiger partial charge >= 0.3 is 0 Å². The van der Waals surface area contributed by atoms with Gasteiger partial charge in [0.1, 0.15) is 0 Å². The molecule has 0 radical (unpaired) electrons. The lowest BCUT2D eigenvalue weighted by Crippen LogP contribution is -2.32. The zero-order valence-corrected chi connectivity index (χ0v) is 11.8. The van der Waals surface area contributed by atoms with Crippen LogP contribution in [0, 0.1) is 10.1 Å². The summed E-state index contributed by atoms with van der Waals surface area (Å²) in [5.74, 6) is 0. The Hall–Kier alpha value is -1.46. The second-order valence-corrected chi connectivity index (χ2v) is 4.50. The quantitative estimate of drug-likeness (QED) is 0.423. The molecule has 0 saturated carbocycles. The average Bonchev–Trinajstić information content (AvgIpc) is 2.42. The third kappa shape index (κ3) is 5.36. The number of nitrogens with one attached hydrogen (secondary N) is 1. The number of nitrogens with zero attached hydrogens (tertiary/aromatic N) is 2. The van der Waals surface area contributed by atoms with E-state index >= 15 is 0 Å². The maximum absolute atomic E-state index is 10.9. The van der Waals surface area contributed by atoms with Gasteiger partial charge in [-0.05, 0) is 19.5 Å². The lowest BCUT2D eigenvalue weighted by Gasteiger charge is -2.19. The number of nitro benzene ring substituents is 1. The van der Waals surface area contributed by atoms with Crippen LogP contribution in [-0.4, -0.2) is 36.0 Å². The van der Waals surface area contributed by atoms with E-state index in [1.54, 1.807) is 18.2 Å². The van der Waals surface area contributed by atoms with Crippen LogP contribution in [0.3, 0.4) is 0 Å². The third-order valence-corrected chi connectivity index (χ3v) is 3.10. The molecule has 0 spiro atoms. The minimum Gasteiger partial charge on any atom is -0.311 e. The van der Waals surface area contributed by atoms with Gasteiger partial charge in [-0.15, -0.1) is 0 Å². The molecule has 0 heterocycles. The Morgan fingerprint density at radius 2 is 2.00 bits per heavy atom. The van der Waals surface area contributed by atoms with E-state index < -0.39 is 0 Å². The summed E-state index contributed by atoms with van der Waals surface area (Å²) in [6.07, 6.45) is 1.15. The van der Waals surface area contributed by atoms with E-state index in [0.29, 0.717) is 6.54 Å². The Kier molecular flexibility index (Phi) is 7.07. The Bertz CT molecular complexity index is 396. The summed E-state index contributed by atoms with van der Waals surface area (Å²) in [6.45, 7) is 8.83. The standard InChI is InChI=1S/C14H23N3O2/c1-3-10-16(4-2)11-9-15-12-13-7-5-6-8-14(13)17(18)19/h5-8,15H,3-4,9-12H2,1-2H3. The second kappa shape index (κ2) is 8.61. The van der Waals surface area contributed by atoms with Gasteiger partial charge in [-0.25, -0.2) is 0 Å². The number of para-hydroxylation sites is 1. The fourth-order valence-electron chi connectivity index (χ4n) is 2.04. The molecule has 0 aliphatic rings. The highest BCUT2D eigenvalue weighted by Crippen LogP contribution is 2.16. The molecule has 0 unspecified atom stereocenters. The minimum absolute atomic E-state index is 0.191. The molecule has 19 heavy (non-hydrogen) atoms. The molecule has 1 aromatic rings. The van der Waals surface area contributed by atoms with Crippen LogP contribution >= 0.6 is 0 Å². The number of likely N-dealkylation sites (N-methyl/N-ethyl adjacent to an activating group) is 1. The first-order valence-corrected chi connectivity index (χ1v) is 6.84. The molecule has 1 N–H and O–H groups in total. The van der Waals surface area contributed by atoms with Crippen molar-refractivity contribution in [2.45, 2.75) is 26.8 Å². The minimum atomic E-state index is -0.327. The predicted octanol–water partition coefficient (Wildman–Crippen LogP) is 2.42. The monoisotopic (exact) mass is 265 g/mol. The van der Waals surface area contributed by atoms with Crippen LogP contribution in [0.4, 0.5) is 5.69 Å². The molecule has 1 rings (SSSR count). The molecular formula is C14H23N3O2. The maximum Gasteiger partial charge on any atom is 0.273 e. The van der Waals surface area contributed by atoms with Crippen molar-refractivity contribution in [2.24, 2.45) is 0 Å². The zero-order chi connectivity index (χ0) is 14.1. The smallest absolute Gasteiger partial charge is 0.273 e. The molecule has 5 heteroatoms. The fourth-order valence-corrected chi connectivity index (χ4v) is 2.04. The zero-order valence-electron chi connectivity index (χ0n) is 11.8. The van der Waals surface area contributed by atoms with E-state index in [1.165, 1.54) is 0 Å². The summed E-state index contributed by atoms with van der Waals surface area (Å²) in [5.41, 5.74) is 0.932. The van der Waals surface area contributed by atoms with Crippen molar-refractivity contribution < 1.29 is 4.92 Å². The van der Waals surface area contributed by atoms with Gasteiger partial charge in [0.05, 0.1) is 4.92 Å². The molecule has 106 valence electrons. The number of nitro groups is 1. The Balaban J connectivity index is 2.39. The molecule has 1 aromatic carbocycles. The summed E-state index contributed by atoms with van der Waals surface area (Å²) >= 11 is 0. The van der Waals surface area contributed by atoms with Gasteiger partial charge in [0.15, 0.2) is 0 Å². The molecule has 0 aromatic heterocycles.